The predicted octanol–water partition coefficient (Wildman–Crippen LogP) is 1.04. The van der Waals surface area contributed by atoms with Gasteiger partial charge in [0.15, 0.2) is 0 Å². The van der Waals surface area contributed by atoms with Crippen LogP contribution >= 0.6 is 11.3 Å². The molecule has 0 spiro atoms. The third-order valence-corrected chi connectivity index (χ3v) is 5.47. The van der Waals surface area contributed by atoms with Crippen LogP contribution in [0.1, 0.15) is 5.56 Å². The van der Waals surface area contributed by atoms with E-state index in [1.165, 1.54) is 15.6 Å². The maximum atomic E-state index is 12.0. The molecule has 2 aliphatic rings. The zero-order chi connectivity index (χ0) is 15.1. The van der Waals surface area contributed by atoms with Gasteiger partial charge in [0.05, 0.1) is 6.54 Å². The molecule has 1 atom stereocenters. The highest BCUT2D eigenvalue weighted by molar-refractivity contribution is 7.17. The molecule has 2 aliphatic heterocycles. The molecular formula is C16H17N3O2S. The van der Waals surface area contributed by atoms with Crippen molar-refractivity contribution in [1.82, 2.24) is 15.1 Å². The van der Waals surface area contributed by atoms with Crippen molar-refractivity contribution in [3.8, 4) is 0 Å². The molecule has 2 fully saturated rings. The van der Waals surface area contributed by atoms with E-state index in [0.717, 1.165) is 13.1 Å². The minimum Gasteiger partial charge on any atom is -0.345 e. The molecule has 2 saturated heterocycles. The number of piperazine rings is 2. The first kappa shape index (κ1) is 13.7. The van der Waals surface area contributed by atoms with Crippen LogP contribution in [0.25, 0.3) is 10.1 Å². The average Bonchev–Trinajstić information content (AvgIpc) is 2.94. The van der Waals surface area contributed by atoms with Gasteiger partial charge in [0.2, 0.25) is 11.8 Å². The molecule has 2 aromatic rings. The number of rotatable bonds is 2. The molecule has 1 aromatic carbocycles. The van der Waals surface area contributed by atoms with Crippen LogP contribution in [0.4, 0.5) is 0 Å². The monoisotopic (exact) mass is 315 g/mol. The van der Waals surface area contributed by atoms with Crippen LogP contribution in [0.2, 0.25) is 0 Å². The van der Waals surface area contributed by atoms with Gasteiger partial charge < -0.3 is 10.2 Å². The molecule has 0 saturated carbocycles. The minimum absolute atomic E-state index is 0.0283. The Morgan fingerprint density at radius 2 is 2.09 bits per heavy atom. The number of thiophene rings is 1. The second-order valence-corrected chi connectivity index (χ2v) is 6.72. The highest BCUT2D eigenvalue weighted by atomic mass is 32.1. The number of hydrogen-bond acceptors (Lipinski definition) is 4. The fourth-order valence-corrected chi connectivity index (χ4v) is 4.24. The lowest BCUT2D eigenvalue weighted by Gasteiger charge is -2.42. The largest absolute Gasteiger partial charge is 0.345 e. The standard InChI is InChI=1S/C16H17N3O2S/c20-15-7-17-16(21)13-9-18(5-6-19(13)15)8-11-10-22-14-4-2-1-3-12(11)14/h1-4,10,13H,5-9H2,(H,17,21). The molecule has 3 heterocycles. The fourth-order valence-electron chi connectivity index (χ4n) is 3.28. The van der Waals surface area contributed by atoms with E-state index in [0.29, 0.717) is 13.1 Å². The molecule has 6 heteroatoms. The van der Waals surface area contributed by atoms with Crippen LogP contribution in [0.15, 0.2) is 29.6 Å². The topological polar surface area (TPSA) is 52.7 Å². The first-order chi connectivity index (χ1) is 10.7. The Hall–Kier alpha value is -1.92. The molecule has 4 rings (SSSR count). The second-order valence-electron chi connectivity index (χ2n) is 5.81. The van der Waals surface area contributed by atoms with Crippen LogP contribution in [0.5, 0.6) is 0 Å². The van der Waals surface area contributed by atoms with Crippen molar-refractivity contribution >= 4 is 33.2 Å². The number of nitrogens with one attached hydrogen (secondary N) is 1. The van der Waals surface area contributed by atoms with E-state index in [-0.39, 0.29) is 24.4 Å². The molecule has 2 amide bonds. The van der Waals surface area contributed by atoms with E-state index < -0.39 is 0 Å². The van der Waals surface area contributed by atoms with Crippen molar-refractivity contribution < 1.29 is 9.59 Å². The normalized spacial score (nSPS) is 22.7. The molecule has 22 heavy (non-hydrogen) atoms. The molecule has 114 valence electrons. The van der Waals surface area contributed by atoms with Gasteiger partial charge in [0.1, 0.15) is 6.04 Å². The Morgan fingerprint density at radius 3 is 3.00 bits per heavy atom. The van der Waals surface area contributed by atoms with Crippen LogP contribution in [0, 0.1) is 0 Å². The number of benzene rings is 1. The number of hydrogen-bond donors (Lipinski definition) is 1. The zero-order valence-corrected chi connectivity index (χ0v) is 12.9. The number of carbonyl (C=O) groups excluding carboxylic acids is 2. The minimum atomic E-state index is -0.333. The van der Waals surface area contributed by atoms with Crippen molar-refractivity contribution in [2.24, 2.45) is 0 Å². The summed E-state index contributed by atoms with van der Waals surface area (Å²) in [5, 5.41) is 6.17. The van der Waals surface area contributed by atoms with Crippen molar-refractivity contribution in [2.45, 2.75) is 12.6 Å². The van der Waals surface area contributed by atoms with Gasteiger partial charge in [-0.15, -0.1) is 11.3 Å². The average molecular weight is 315 g/mol. The predicted molar refractivity (Wildman–Crippen MR) is 85.6 cm³/mol. The third-order valence-electron chi connectivity index (χ3n) is 4.46. The third kappa shape index (κ3) is 2.28. The molecule has 1 aromatic heterocycles. The van der Waals surface area contributed by atoms with Gasteiger partial charge in [-0.1, -0.05) is 18.2 Å². The lowest BCUT2D eigenvalue weighted by atomic mass is 10.1. The number of amides is 2. The fraction of sp³-hybridized carbons (Fsp3) is 0.375. The Balaban J connectivity index is 1.52. The summed E-state index contributed by atoms with van der Waals surface area (Å²) in [7, 11) is 0. The van der Waals surface area contributed by atoms with Gasteiger partial charge in [-0.05, 0) is 22.4 Å². The second kappa shape index (κ2) is 5.37. The van der Waals surface area contributed by atoms with Crippen molar-refractivity contribution in [3.63, 3.8) is 0 Å². The quantitative estimate of drug-likeness (QED) is 0.901. The van der Waals surface area contributed by atoms with Gasteiger partial charge in [0.25, 0.3) is 0 Å². The number of nitrogens with zero attached hydrogens (tertiary/aromatic N) is 2. The lowest BCUT2D eigenvalue weighted by Crippen LogP contribution is -2.65. The van der Waals surface area contributed by atoms with Gasteiger partial charge in [-0.3, -0.25) is 14.5 Å². The zero-order valence-electron chi connectivity index (χ0n) is 12.1. The summed E-state index contributed by atoms with van der Waals surface area (Å²) in [6.07, 6.45) is 0. The maximum Gasteiger partial charge on any atom is 0.244 e. The summed E-state index contributed by atoms with van der Waals surface area (Å²) in [4.78, 5) is 27.9. The van der Waals surface area contributed by atoms with Crippen molar-refractivity contribution in [3.05, 3.63) is 35.2 Å². The molecular weight excluding hydrogens is 298 g/mol. The van der Waals surface area contributed by atoms with E-state index in [1.54, 1.807) is 16.2 Å². The number of carbonyl (C=O) groups is 2. The summed E-state index contributed by atoms with van der Waals surface area (Å²) in [5.74, 6) is 0.00436. The summed E-state index contributed by atoms with van der Waals surface area (Å²) in [6, 6.07) is 8.06. The van der Waals surface area contributed by atoms with Gasteiger partial charge in [-0.2, -0.15) is 0 Å². The maximum absolute atomic E-state index is 12.0. The molecule has 0 aliphatic carbocycles. The highest BCUT2D eigenvalue weighted by Crippen LogP contribution is 2.27. The van der Waals surface area contributed by atoms with E-state index in [2.05, 4.69) is 39.9 Å². The smallest absolute Gasteiger partial charge is 0.244 e. The van der Waals surface area contributed by atoms with Gasteiger partial charge >= 0.3 is 0 Å². The SMILES string of the molecule is O=C1NCC(=O)N2CCN(Cc3csc4ccccc34)CC12. The molecule has 1 unspecified atom stereocenters. The number of fused-ring (bicyclic) bond motifs is 2. The summed E-state index contributed by atoms with van der Waals surface area (Å²) < 4.78 is 1.29. The van der Waals surface area contributed by atoms with Crippen LogP contribution < -0.4 is 5.32 Å². The Kier molecular flexibility index (Phi) is 3.35. The van der Waals surface area contributed by atoms with E-state index in [1.807, 2.05) is 0 Å². The molecule has 1 N–H and O–H groups in total. The molecule has 5 nitrogen and oxygen atoms in total. The first-order valence-electron chi connectivity index (χ1n) is 7.47. The van der Waals surface area contributed by atoms with Gasteiger partial charge in [-0.25, -0.2) is 0 Å². The first-order valence-corrected chi connectivity index (χ1v) is 8.35. The van der Waals surface area contributed by atoms with Crippen LogP contribution in [-0.2, 0) is 16.1 Å². The van der Waals surface area contributed by atoms with Crippen LogP contribution in [-0.4, -0.2) is 53.8 Å². The summed E-state index contributed by atoms with van der Waals surface area (Å²) >= 11 is 1.76. The Bertz CT molecular complexity index is 742. The highest BCUT2D eigenvalue weighted by Gasteiger charge is 2.38. The Labute approximate surface area is 132 Å². The van der Waals surface area contributed by atoms with E-state index >= 15 is 0 Å². The van der Waals surface area contributed by atoms with Crippen molar-refractivity contribution in [2.75, 3.05) is 26.2 Å². The molecule has 0 radical (unpaired) electrons. The van der Waals surface area contributed by atoms with Crippen LogP contribution in [0.3, 0.4) is 0 Å². The van der Waals surface area contributed by atoms with Gasteiger partial charge in [0, 0.05) is 30.9 Å². The van der Waals surface area contributed by atoms with E-state index in [4.69, 9.17) is 0 Å². The summed E-state index contributed by atoms with van der Waals surface area (Å²) in [5.41, 5.74) is 1.30. The van der Waals surface area contributed by atoms with Crippen molar-refractivity contribution in [1.29, 1.82) is 0 Å². The lowest BCUT2D eigenvalue weighted by molar-refractivity contribution is -0.149. The summed E-state index contributed by atoms with van der Waals surface area (Å²) in [6.45, 7) is 3.04. The van der Waals surface area contributed by atoms with E-state index in [9.17, 15) is 9.59 Å². The Morgan fingerprint density at radius 1 is 1.23 bits per heavy atom. The molecule has 0 bridgehead atoms.